The summed E-state index contributed by atoms with van der Waals surface area (Å²) in [4.78, 5) is 32.0. The summed E-state index contributed by atoms with van der Waals surface area (Å²) >= 11 is 0. The number of carbonyl (C=O) groups excluding carboxylic acids is 2. The molecule has 0 aliphatic carbocycles. The van der Waals surface area contributed by atoms with Crippen LogP contribution in [0.2, 0.25) is 0 Å². The Kier molecular flexibility index (Phi) is 6.23. The topological polar surface area (TPSA) is 43.9 Å². The Labute approximate surface area is 175 Å². The maximum Gasteiger partial charge on any atom is 0.239 e. The van der Waals surface area contributed by atoms with E-state index in [-0.39, 0.29) is 11.5 Å². The number of carbonyl (C=O) groups is 2. The van der Waals surface area contributed by atoms with Gasteiger partial charge in [-0.2, -0.15) is 0 Å². The number of hydrogen-bond donors (Lipinski definition) is 0. The van der Waals surface area contributed by atoms with Gasteiger partial charge in [0.25, 0.3) is 0 Å². The van der Waals surface area contributed by atoms with Gasteiger partial charge in [0.1, 0.15) is 0 Å². The highest BCUT2D eigenvalue weighted by molar-refractivity contribution is 5.81. The van der Waals surface area contributed by atoms with E-state index >= 15 is 0 Å². The Morgan fingerprint density at radius 1 is 1.03 bits per heavy atom. The minimum Gasteiger partial charge on any atom is -0.342 e. The summed E-state index contributed by atoms with van der Waals surface area (Å²) in [5, 5.41) is 0. The molecular formula is C24H35N3O2. The monoisotopic (exact) mass is 397 g/mol. The molecule has 3 fully saturated rings. The van der Waals surface area contributed by atoms with E-state index in [1.54, 1.807) is 0 Å². The standard InChI is InChI=1S/C24H35N3O2/c1-20(25-14-5-6-15-25)23(29)26-17-12-24(13-18-26)11-9-22(28)27(19-24)16-10-21-7-3-2-4-8-21/h2-4,7-8,20H,5-6,9-19H2,1H3. The van der Waals surface area contributed by atoms with Crippen LogP contribution < -0.4 is 0 Å². The lowest BCUT2D eigenvalue weighted by Gasteiger charge is -2.48. The Morgan fingerprint density at radius 3 is 2.41 bits per heavy atom. The first kappa shape index (κ1) is 20.4. The van der Waals surface area contributed by atoms with E-state index in [1.807, 2.05) is 6.07 Å². The normalized spacial score (nSPS) is 23.6. The molecule has 4 rings (SSSR count). The van der Waals surface area contributed by atoms with Crippen molar-refractivity contribution in [2.24, 2.45) is 5.41 Å². The van der Waals surface area contributed by atoms with Crippen molar-refractivity contribution in [3.63, 3.8) is 0 Å². The van der Waals surface area contributed by atoms with Gasteiger partial charge < -0.3 is 9.80 Å². The van der Waals surface area contributed by atoms with Gasteiger partial charge in [-0.05, 0) is 69.5 Å². The van der Waals surface area contributed by atoms with E-state index in [0.717, 1.165) is 65.0 Å². The van der Waals surface area contributed by atoms with Crippen LogP contribution in [0.15, 0.2) is 30.3 Å². The summed E-state index contributed by atoms with van der Waals surface area (Å²) in [6.07, 6.45) is 7.05. The molecule has 5 nitrogen and oxygen atoms in total. The van der Waals surface area contributed by atoms with Gasteiger partial charge in [-0.15, -0.1) is 0 Å². The van der Waals surface area contributed by atoms with Crippen molar-refractivity contribution in [2.45, 2.75) is 57.9 Å². The van der Waals surface area contributed by atoms with Crippen molar-refractivity contribution < 1.29 is 9.59 Å². The highest BCUT2D eigenvalue weighted by atomic mass is 16.2. The zero-order valence-corrected chi connectivity index (χ0v) is 17.8. The molecule has 0 N–H and O–H groups in total. The predicted octanol–water partition coefficient (Wildman–Crippen LogP) is 2.94. The lowest BCUT2D eigenvalue weighted by Crippen LogP contribution is -2.55. The molecule has 3 aliphatic heterocycles. The minimum atomic E-state index is 0.0156. The lowest BCUT2D eigenvalue weighted by molar-refractivity contribution is -0.144. The maximum absolute atomic E-state index is 13.0. The molecule has 0 aromatic heterocycles. The van der Waals surface area contributed by atoms with Gasteiger partial charge in [0.05, 0.1) is 6.04 Å². The zero-order valence-electron chi connectivity index (χ0n) is 17.8. The average molecular weight is 398 g/mol. The largest absolute Gasteiger partial charge is 0.342 e. The summed E-state index contributed by atoms with van der Waals surface area (Å²) < 4.78 is 0. The first-order valence-corrected chi connectivity index (χ1v) is 11.4. The first-order valence-electron chi connectivity index (χ1n) is 11.4. The van der Waals surface area contributed by atoms with Gasteiger partial charge in [-0.1, -0.05) is 30.3 Å². The fraction of sp³-hybridized carbons (Fsp3) is 0.667. The number of amides is 2. The van der Waals surface area contributed by atoms with Crippen molar-refractivity contribution in [3.05, 3.63) is 35.9 Å². The Hall–Kier alpha value is -1.88. The second kappa shape index (κ2) is 8.86. The second-order valence-corrected chi connectivity index (χ2v) is 9.30. The molecule has 158 valence electrons. The number of hydrogen-bond acceptors (Lipinski definition) is 3. The quantitative estimate of drug-likeness (QED) is 0.767. The van der Waals surface area contributed by atoms with E-state index in [9.17, 15) is 9.59 Å². The molecule has 1 spiro atoms. The van der Waals surface area contributed by atoms with Crippen LogP contribution in [0.25, 0.3) is 0 Å². The molecule has 0 radical (unpaired) electrons. The van der Waals surface area contributed by atoms with E-state index in [4.69, 9.17) is 0 Å². The van der Waals surface area contributed by atoms with Crippen molar-refractivity contribution in [2.75, 3.05) is 39.3 Å². The molecule has 1 aromatic carbocycles. The molecule has 1 atom stereocenters. The first-order chi connectivity index (χ1) is 14.1. The third kappa shape index (κ3) is 4.66. The Balaban J connectivity index is 1.31. The van der Waals surface area contributed by atoms with Crippen LogP contribution in [0.4, 0.5) is 0 Å². The van der Waals surface area contributed by atoms with E-state index in [2.05, 4.69) is 45.9 Å². The van der Waals surface area contributed by atoms with Crippen molar-refractivity contribution >= 4 is 11.8 Å². The molecule has 1 aromatic rings. The van der Waals surface area contributed by atoms with E-state index in [0.29, 0.717) is 18.2 Å². The molecule has 3 heterocycles. The summed E-state index contributed by atoms with van der Waals surface area (Å²) in [5.41, 5.74) is 1.49. The number of nitrogens with zero attached hydrogens (tertiary/aromatic N) is 3. The zero-order chi connectivity index (χ0) is 20.3. The van der Waals surface area contributed by atoms with Gasteiger partial charge in [-0.3, -0.25) is 14.5 Å². The summed E-state index contributed by atoms with van der Waals surface area (Å²) in [6, 6.07) is 10.4. The summed E-state index contributed by atoms with van der Waals surface area (Å²) in [7, 11) is 0. The third-order valence-corrected chi connectivity index (χ3v) is 7.44. The number of piperidine rings is 2. The molecule has 2 amide bonds. The lowest BCUT2D eigenvalue weighted by atomic mass is 9.72. The molecular weight excluding hydrogens is 362 g/mol. The molecule has 0 saturated carbocycles. The highest BCUT2D eigenvalue weighted by Crippen LogP contribution is 2.40. The molecule has 1 unspecified atom stereocenters. The van der Waals surface area contributed by atoms with E-state index in [1.165, 1.54) is 18.4 Å². The van der Waals surface area contributed by atoms with Crippen LogP contribution >= 0.6 is 0 Å². The molecule has 5 heteroatoms. The fourth-order valence-corrected chi connectivity index (χ4v) is 5.37. The van der Waals surface area contributed by atoms with Gasteiger partial charge in [0, 0.05) is 32.6 Å². The van der Waals surface area contributed by atoms with Crippen LogP contribution in [0.1, 0.15) is 51.0 Å². The molecule has 3 aliphatic rings. The van der Waals surface area contributed by atoms with Crippen molar-refractivity contribution in [1.29, 1.82) is 0 Å². The van der Waals surface area contributed by atoms with Crippen LogP contribution in [0.5, 0.6) is 0 Å². The predicted molar refractivity (Wildman–Crippen MR) is 114 cm³/mol. The fourth-order valence-electron chi connectivity index (χ4n) is 5.37. The van der Waals surface area contributed by atoms with Crippen molar-refractivity contribution in [1.82, 2.24) is 14.7 Å². The van der Waals surface area contributed by atoms with Gasteiger partial charge in [0.15, 0.2) is 0 Å². The summed E-state index contributed by atoms with van der Waals surface area (Å²) in [5.74, 6) is 0.599. The molecule has 3 saturated heterocycles. The number of rotatable bonds is 5. The Bertz CT molecular complexity index is 706. The van der Waals surface area contributed by atoms with Crippen LogP contribution in [0, 0.1) is 5.41 Å². The Morgan fingerprint density at radius 2 is 1.72 bits per heavy atom. The van der Waals surface area contributed by atoms with E-state index < -0.39 is 0 Å². The highest BCUT2D eigenvalue weighted by Gasteiger charge is 2.42. The summed E-state index contributed by atoms with van der Waals surface area (Å²) in [6.45, 7) is 7.55. The third-order valence-electron chi connectivity index (χ3n) is 7.44. The van der Waals surface area contributed by atoms with Gasteiger partial charge >= 0.3 is 0 Å². The maximum atomic E-state index is 13.0. The SMILES string of the molecule is CC(C(=O)N1CCC2(CCC(=O)N(CCc3ccccc3)C2)CC1)N1CCCC1. The van der Waals surface area contributed by atoms with Crippen LogP contribution in [-0.4, -0.2) is 71.8 Å². The second-order valence-electron chi connectivity index (χ2n) is 9.30. The number of likely N-dealkylation sites (tertiary alicyclic amines) is 3. The molecule has 0 bridgehead atoms. The van der Waals surface area contributed by atoms with Gasteiger partial charge in [0.2, 0.25) is 11.8 Å². The smallest absolute Gasteiger partial charge is 0.239 e. The van der Waals surface area contributed by atoms with Crippen molar-refractivity contribution in [3.8, 4) is 0 Å². The average Bonchev–Trinajstić information content (AvgIpc) is 3.30. The van der Waals surface area contributed by atoms with Crippen LogP contribution in [-0.2, 0) is 16.0 Å². The minimum absolute atomic E-state index is 0.0156. The molecule has 29 heavy (non-hydrogen) atoms. The van der Waals surface area contributed by atoms with Gasteiger partial charge in [-0.25, -0.2) is 0 Å². The van der Waals surface area contributed by atoms with Crippen LogP contribution in [0.3, 0.4) is 0 Å². The number of benzene rings is 1.